The lowest BCUT2D eigenvalue weighted by atomic mass is 10.2. The second-order valence-electron chi connectivity index (χ2n) is 4.91. The van der Waals surface area contributed by atoms with Gasteiger partial charge in [-0.2, -0.15) is 26.7 Å². The molecule has 3 heterocycles. The summed E-state index contributed by atoms with van der Waals surface area (Å²) in [7, 11) is 0. The van der Waals surface area contributed by atoms with E-state index in [0.717, 1.165) is 34.8 Å². The number of fused-ring (bicyclic) bond motifs is 1. The molecule has 0 saturated carbocycles. The van der Waals surface area contributed by atoms with Crippen molar-refractivity contribution >= 4 is 33.7 Å². The van der Waals surface area contributed by atoms with Gasteiger partial charge in [0.2, 0.25) is 0 Å². The molecule has 7 heteroatoms. The van der Waals surface area contributed by atoms with Gasteiger partial charge in [0.25, 0.3) is 0 Å². The number of hydrogen-bond donors (Lipinski definition) is 2. The van der Waals surface area contributed by atoms with Crippen LogP contribution in [0.4, 0.5) is 0 Å². The number of hydrogen-bond acceptors (Lipinski definition) is 6. The molecule has 0 spiro atoms. The van der Waals surface area contributed by atoms with Gasteiger partial charge in [0.05, 0.1) is 5.69 Å². The zero-order chi connectivity index (χ0) is 14.8. The summed E-state index contributed by atoms with van der Waals surface area (Å²) in [4.78, 5) is 4.66. The van der Waals surface area contributed by atoms with Gasteiger partial charge >= 0.3 is 0 Å². The van der Waals surface area contributed by atoms with E-state index in [4.69, 9.17) is 0 Å². The molecule has 0 aliphatic heterocycles. The summed E-state index contributed by atoms with van der Waals surface area (Å²) in [5.74, 6) is 0. The molecule has 0 aliphatic rings. The third-order valence-electron chi connectivity index (χ3n) is 3.34. The fraction of sp³-hybridized carbons (Fsp3) is 0.133. The van der Waals surface area contributed by atoms with Crippen molar-refractivity contribution in [1.29, 1.82) is 0 Å². The topological polar surface area (TPSA) is 66.5 Å². The molecule has 1 aromatic carbocycles. The van der Waals surface area contributed by atoms with E-state index in [9.17, 15) is 0 Å². The van der Waals surface area contributed by atoms with Crippen LogP contribution < -0.4 is 5.32 Å². The largest absolute Gasteiger partial charge is 0.307 e. The minimum atomic E-state index is 0.761. The van der Waals surface area contributed by atoms with Crippen LogP contribution in [-0.2, 0) is 13.1 Å². The van der Waals surface area contributed by atoms with Crippen molar-refractivity contribution in [2.75, 3.05) is 0 Å². The first-order chi connectivity index (χ1) is 10.9. The van der Waals surface area contributed by atoms with Crippen LogP contribution in [-0.4, -0.2) is 20.4 Å². The Bertz CT molecular complexity index is 878. The average Bonchev–Trinajstić information content (AvgIpc) is 3.28. The van der Waals surface area contributed by atoms with Gasteiger partial charge in [-0.3, -0.25) is 0 Å². The molecule has 0 fully saturated rings. The van der Waals surface area contributed by atoms with Crippen LogP contribution in [0, 0.1) is 0 Å². The fourth-order valence-electron chi connectivity index (χ4n) is 2.24. The number of nitrogens with one attached hydrogen (secondary N) is 2. The highest BCUT2D eigenvalue weighted by atomic mass is 32.1. The van der Waals surface area contributed by atoms with E-state index in [2.05, 4.69) is 54.0 Å². The normalized spacial score (nSPS) is 11.3. The van der Waals surface area contributed by atoms with Crippen LogP contribution in [0.3, 0.4) is 0 Å². The molecule has 5 nitrogen and oxygen atoms in total. The zero-order valence-electron chi connectivity index (χ0n) is 11.6. The van der Waals surface area contributed by atoms with Crippen molar-refractivity contribution in [2.45, 2.75) is 13.1 Å². The van der Waals surface area contributed by atoms with Gasteiger partial charge in [0, 0.05) is 29.4 Å². The van der Waals surface area contributed by atoms with Crippen molar-refractivity contribution in [3.63, 3.8) is 0 Å². The Balaban J connectivity index is 1.38. The molecule has 4 aromatic rings. The summed E-state index contributed by atoms with van der Waals surface area (Å²) < 4.78 is 0. The van der Waals surface area contributed by atoms with E-state index in [1.807, 2.05) is 12.1 Å². The van der Waals surface area contributed by atoms with Gasteiger partial charge in [-0.15, -0.1) is 11.3 Å². The van der Waals surface area contributed by atoms with E-state index in [0.29, 0.717) is 0 Å². The maximum Gasteiger partial charge on any atom is 0.124 e. The maximum atomic E-state index is 4.66. The van der Waals surface area contributed by atoms with Crippen molar-refractivity contribution < 1.29 is 0 Å². The highest BCUT2D eigenvalue weighted by Crippen LogP contribution is 2.25. The number of rotatable bonds is 5. The molecule has 0 unspecified atom stereocenters. The Kier molecular flexibility index (Phi) is 3.67. The van der Waals surface area contributed by atoms with E-state index < -0.39 is 0 Å². The van der Waals surface area contributed by atoms with Crippen molar-refractivity contribution in [2.24, 2.45) is 0 Å². The van der Waals surface area contributed by atoms with Crippen LogP contribution in [0.1, 0.15) is 11.3 Å². The first kappa shape index (κ1) is 13.6. The summed E-state index contributed by atoms with van der Waals surface area (Å²) in [5.41, 5.74) is 5.26. The number of aromatic nitrogens is 4. The molecular formula is C15H13N5S2. The number of aromatic amines is 1. The highest BCUT2D eigenvalue weighted by molar-refractivity contribution is 7.14. The summed E-state index contributed by atoms with van der Waals surface area (Å²) in [6.45, 7) is 1.55. The van der Waals surface area contributed by atoms with E-state index in [-0.39, 0.29) is 0 Å². The van der Waals surface area contributed by atoms with E-state index in [1.54, 1.807) is 22.7 Å². The standard InChI is InChI=1S/C15H13N5S2/c1-2-13-14(19-20-18-13)5-10(1)6-16-7-12-9-22-15(17-12)11-3-4-21-8-11/h1-5,8-9,16H,6-7H2,(H,18,19,20). The highest BCUT2D eigenvalue weighted by Gasteiger charge is 2.05. The van der Waals surface area contributed by atoms with Crippen molar-refractivity contribution in [3.8, 4) is 10.6 Å². The third-order valence-corrected chi connectivity index (χ3v) is 4.96. The van der Waals surface area contributed by atoms with Crippen LogP contribution >= 0.6 is 22.7 Å². The SMILES string of the molecule is c1cc(-c2nc(CNCc3ccc4n[nH]nc4c3)cs2)cs1. The third kappa shape index (κ3) is 2.78. The Hall–Kier alpha value is -2.09. The van der Waals surface area contributed by atoms with Gasteiger partial charge in [0.1, 0.15) is 16.0 Å². The lowest BCUT2D eigenvalue weighted by Gasteiger charge is -2.02. The lowest BCUT2D eigenvalue weighted by molar-refractivity contribution is 0.683. The number of thiophene rings is 1. The fourth-order valence-corrected chi connectivity index (χ4v) is 3.77. The summed E-state index contributed by atoms with van der Waals surface area (Å²) >= 11 is 3.39. The predicted molar refractivity (Wildman–Crippen MR) is 89.9 cm³/mol. The van der Waals surface area contributed by atoms with Gasteiger partial charge in [0.15, 0.2) is 0 Å². The number of nitrogens with zero attached hydrogens (tertiary/aromatic N) is 3. The molecule has 2 N–H and O–H groups in total. The summed E-state index contributed by atoms with van der Waals surface area (Å²) in [6.07, 6.45) is 0. The maximum absolute atomic E-state index is 4.66. The number of H-pyrrole nitrogens is 1. The second kappa shape index (κ2) is 5.96. The first-order valence-corrected chi connectivity index (χ1v) is 8.68. The minimum Gasteiger partial charge on any atom is -0.307 e. The molecule has 4 rings (SSSR count). The molecule has 0 saturated heterocycles. The number of thiazole rings is 1. The van der Waals surface area contributed by atoms with Crippen LogP contribution in [0.5, 0.6) is 0 Å². The Morgan fingerprint density at radius 3 is 2.91 bits per heavy atom. The smallest absolute Gasteiger partial charge is 0.124 e. The monoisotopic (exact) mass is 327 g/mol. The van der Waals surface area contributed by atoms with Crippen molar-refractivity contribution in [3.05, 3.63) is 51.7 Å². The second-order valence-corrected chi connectivity index (χ2v) is 6.54. The Morgan fingerprint density at radius 2 is 2.00 bits per heavy atom. The van der Waals surface area contributed by atoms with Crippen LogP contribution in [0.25, 0.3) is 21.6 Å². The van der Waals surface area contributed by atoms with Gasteiger partial charge in [-0.05, 0) is 29.1 Å². The molecule has 110 valence electrons. The number of benzene rings is 1. The average molecular weight is 327 g/mol. The zero-order valence-corrected chi connectivity index (χ0v) is 13.2. The molecule has 0 bridgehead atoms. The van der Waals surface area contributed by atoms with E-state index in [1.165, 1.54) is 11.1 Å². The Labute approximate surface area is 135 Å². The molecule has 0 aliphatic carbocycles. The summed E-state index contributed by atoms with van der Waals surface area (Å²) in [5, 5.41) is 21.6. The molecule has 0 amide bonds. The van der Waals surface area contributed by atoms with E-state index >= 15 is 0 Å². The Morgan fingerprint density at radius 1 is 1.05 bits per heavy atom. The lowest BCUT2D eigenvalue weighted by Crippen LogP contribution is -2.12. The van der Waals surface area contributed by atoms with Gasteiger partial charge in [-0.25, -0.2) is 4.98 Å². The van der Waals surface area contributed by atoms with Crippen LogP contribution in [0.15, 0.2) is 40.4 Å². The van der Waals surface area contributed by atoms with Gasteiger partial charge in [-0.1, -0.05) is 6.07 Å². The first-order valence-electron chi connectivity index (χ1n) is 6.85. The van der Waals surface area contributed by atoms with Crippen molar-refractivity contribution in [1.82, 2.24) is 25.7 Å². The molecular weight excluding hydrogens is 314 g/mol. The minimum absolute atomic E-state index is 0.761. The molecule has 0 radical (unpaired) electrons. The predicted octanol–water partition coefficient (Wildman–Crippen LogP) is 3.43. The summed E-state index contributed by atoms with van der Waals surface area (Å²) in [6, 6.07) is 8.19. The molecule has 0 atom stereocenters. The molecule has 3 aromatic heterocycles. The van der Waals surface area contributed by atoms with Gasteiger partial charge < -0.3 is 5.32 Å². The van der Waals surface area contributed by atoms with Crippen LogP contribution in [0.2, 0.25) is 0 Å². The molecule has 22 heavy (non-hydrogen) atoms. The quantitative estimate of drug-likeness (QED) is 0.589.